The van der Waals surface area contributed by atoms with Gasteiger partial charge < -0.3 is 10.8 Å². The molecule has 0 aromatic rings. The number of aliphatic carboxylic acids is 1. The first-order chi connectivity index (χ1) is 3.13. The highest BCUT2D eigenvalue weighted by atomic mass is 16.4. The van der Waals surface area contributed by atoms with Gasteiger partial charge in [-0.15, -0.1) is 0 Å². The van der Waals surface area contributed by atoms with Crippen LogP contribution in [0.3, 0.4) is 0 Å². The first-order valence-corrected chi connectivity index (χ1v) is 1.52. The van der Waals surface area contributed by atoms with Crippen LogP contribution in [-0.2, 0) is 4.79 Å². The number of hydrogen-bond acceptors (Lipinski definition) is 2. The molecule has 1 unspecified atom stereocenters. The van der Waals surface area contributed by atoms with E-state index in [1.54, 1.807) is 0 Å². The normalized spacial score (nSPS) is 15.8. The Balaban J connectivity index is 3.13. The van der Waals surface area contributed by atoms with E-state index in [1.165, 1.54) is 0 Å². The third kappa shape index (κ3) is 3.43. The monoisotopic (exact) mass is 91.1 g/mol. The van der Waals surface area contributed by atoms with Gasteiger partial charge in [0, 0.05) is 7.89 Å². The Morgan fingerprint density at radius 2 is 2.67 bits per heavy atom. The van der Waals surface area contributed by atoms with E-state index in [0.717, 1.165) is 0 Å². The molecule has 0 aromatic heterocycles. The minimum Gasteiger partial charge on any atom is -0.481 e. The zero-order chi connectivity index (χ0) is 5.86. The number of carbonyl (C=O) groups is 1. The molecule has 0 aliphatic heterocycles. The van der Waals surface area contributed by atoms with Gasteiger partial charge in [0.1, 0.15) is 0 Å². The van der Waals surface area contributed by atoms with E-state index in [9.17, 15) is 4.79 Å². The van der Waals surface area contributed by atoms with Crippen molar-refractivity contribution in [1.82, 2.24) is 0 Å². The zero-order valence-electron chi connectivity index (χ0n) is 4.22. The predicted molar refractivity (Wildman–Crippen MR) is 21.3 cm³/mol. The summed E-state index contributed by atoms with van der Waals surface area (Å²) in [5, 5.41) is 7.88. The molecule has 0 fully saturated rings. The highest BCUT2D eigenvalue weighted by molar-refractivity contribution is 5.66. The number of carboxylic acid groups (broad SMARTS) is 1. The molecule has 0 amide bonds. The Kier molecular flexibility index (Phi) is 1.60. The van der Waals surface area contributed by atoms with Crippen molar-refractivity contribution in [3.8, 4) is 0 Å². The summed E-state index contributed by atoms with van der Waals surface area (Å²) < 4.78 is 6.50. The maximum absolute atomic E-state index is 9.61. The van der Waals surface area contributed by atoms with Crippen LogP contribution in [0.5, 0.6) is 0 Å². The van der Waals surface area contributed by atoms with Gasteiger partial charge in [-0.25, -0.2) is 0 Å². The third-order valence-corrected chi connectivity index (χ3v) is 0.292. The molecule has 0 saturated carbocycles. The molecule has 0 heterocycles. The first-order valence-electron chi connectivity index (χ1n) is 2.10. The van der Waals surface area contributed by atoms with E-state index in [0.29, 0.717) is 0 Å². The lowest BCUT2D eigenvalue weighted by Gasteiger charge is -1.80. The van der Waals surface area contributed by atoms with Gasteiger partial charge in [0.05, 0.1) is 6.42 Å². The van der Waals surface area contributed by atoms with Crippen LogP contribution in [0, 0.1) is 0 Å². The predicted octanol–water partition coefficient (Wildman–Crippen LogP) is -0.580. The second kappa shape index (κ2) is 2.66. The standard InChI is InChI=1S/C3H7NO2/c4-2-1-3(5)6/h1-2,4H2,(H,5,6)/i2T. The summed E-state index contributed by atoms with van der Waals surface area (Å²) in [6.45, 7) is -0.975. The van der Waals surface area contributed by atoms with Crippen LogP contribution >= 0.6 is 0 Å². The van der Waals surface area contributed by atoms with Crippen molar-refractivity contribution in [2.24, 2.45) is 5.73 Å². The summed E-state index contributed by atoms with van der Waals surface area (Å²) in [7, 11) is 0. The summed E-state index contributed by atoms with van der Waals surface area (Å²) in [4.78, 5) is 9.61. The second-order valence-electron chi connectivity index (χ2n) is 0.834. The van der Waals surface area contributed by atoms with Gasteiger partial charge in [0.2, 0.25) is 0 Å². The van der Waals surface area contributed by atoms with Crippen molar-refractivity contribution in [2.75, 3.05) is 6.52 Å². The van der Waals surface area contributed by atoms with Crippen LogP contribution in [0.15, 0.2) is 0 Å². The van der Waals surface area contributed by atoms with Gasteiger partial charge in [-0.3, -0.25) is 4.79 Å². The van der Waals surface area contributed by atoms with Crippen molar-refractivity contribution in [3.05, 3.63) is 0 Å². The summed E-state index contributed by atoms with van der Waals surface area (Å²) in [6.07, 6.45) is -0.278. The first kappa shape index (κ1) is 3.61. The Hall–Kier alpha value is -0.570. The third-order valence-electron chi connectivity index (χ3n) is 0.292. The Labute approximate surface area is 37.2 Å². The zero-order valence-corrected chi connectivity index (χ0v) is 3.22. The highest BCUT2D eigenvalue weighted by Crippen LogP contribution is 1.67. The fourth-order valence-corrected chi connectivity index (χ4v) is 0.101. The van der Waals surface area contributed by atoms with Crippen LogP contribution < -0.4 is 5.73 Å². The summed E-state index contributed by atoms with van der Waals surface area (Å²) in [5.41, 5.74) is 4.78. The molecule has 0 aromatic carbocycles. The number of rotatable bonds is 2. The Bertz CT molecular complexity index is 73.3. The maximum Gasteiger partial charge on any atom is 0.304 e. The van der Waals surface area contributed by atoms with Gasteiger partial charge in [-0.1, -0.05) is 0 Å². The second-order valence-corrected chi connectivity index (χ2v) is 0.834. The largest absolute Gasteiger partial charge is 0.481 e. The molecule has 3 heteroatoms. The van der Waals surface area contributed by atoms with Crippen LogP contribution in [0.25, 0.3) is 0 Å². The van der Waals surface area contributed by atoms with Crippen molar-refractivity contribution >= 4 is 5.97 Å². The molecular formula is C3H7NO2. The summed E-state index contributed by atoms with van der Waals surface area (Å²) >= 11 is 0. The van der Waals surface area contributed by atoms with Gasteiger partial charge in [0.25, 0.3) is 0 Å². The number of carboxylic acids is 1. The number of nitrogens with two attached hydrogens (primary N) is 1. The highest BCUT2D eigenvalue weighted by Gasteiger charge is 1.87. The topological polar surface area (TPSA) is 63.3 Å². The quantitative estimate of drug-likeness (QED) is 0.478. The lowest BCUT2D eigenvalue weighted by molar-refractivity contribution is -0.136. The van der Waals surface area contributed by atoms with Crippen molar-refractivity contribution in [3.63, 3.8) is 0 Å². The lowest BCUT2D eigenvalue weighted by atomic mass is 10.5. The van der Waals surface area contributed by atoms with Gasteiger partial charge in [-0.05, 0) is 0 Å². The van der Waals surface area contributed by atoms with Gasteiger partial charge >= 0.3 is 5.97 Å². The maximum atomic E-state index is 9.61. The molecular weight excluding hydrogens is 82.0 g/mol. The molecule has 0 radical (unpaired) electrons. The molecule has 3 nitrogen and oxygen atoms in total. The summed E-state index contributed by atoms with van der Waals surface area (Å²) in [6, 6.07) is 0. The fraction of sp³-hybridized carbons (Fsp3) is 0.667. The van der Waals surface area contributed by atoms with Gasteiger partial charge in [0.15, 0.2) is 0 Å². The molecule has 3 N–H and O–H groups in total. The SMILES string of the molecule is [3H]C(N)CC(=O)O. The average Bonchev–Trinajstić information content (AvgIpc) is 1.27. The van der Waals surface area contributed by atoms with Crippen LogP contribution in [0.2, 0.25) is 0 Å². The van der Waals surface area contributed by atoms with Crippen LogP contribution in [0.1, 0.15) is 7.79 Å². The van der Waals surface area contributed by atoms with E-state index in [-0.39, 0.29) is 6.42 Å². The van der Waals surface area contributed by atoms with E-state index in [4.69, 9.17) is 12.2 Å². The molecule has 0 aliphatic carbocycles. The lowest BCUT2D eigenvalue weighted by Crippen LogP contribution is -2.05. The molecule has 0 bridgehead atoms. The van der Waals surface area contributed by atoms with Gasteiger partial charge in [-0.2, -0.15) is 0 Å². The molecule has 1 atom stereocenters. The number of hydrogen-bond donors (Lipinski definition) is 2. The Morgan fingerprint density at radius 1 is 2.17 bits per heavy atom. The smallest absolute Gasteiger partial charge is 0.304 e. The minimum atomic E-state index is -1.03. The average molecular weight is 91.1 g/mol. The van der Waals surface area contributed by atoms with Crippen LogP contribution in [0.4, 0.5) is 0 Å². The molecule has 0 spiro atoms. The Morgan fingerprint density at radius 3 is 2.67 bits per heavy atom. The molecule has 0 rings (SSSR count). The van der Waals surface area contributed by atoms with Crippen molar-refractivity contribution < 1.29 is 11.3 Å². The van der Waals surface area contributed by atoms with Crippen LogP contribution in [-0.4, -0.2) is 17.6 Å². The van der Waals surface area contributed by atoms with E-state index < -0.39 is 12.5 Å². The fourth-order valence-electron chi connectivity index (χ4n) is 0.101. The molecule has 0 saturated heterocycles. The molecule has 36 valence electrons. The van der Waals surface area contributed by atoms with E-state index in [2.05, 4.69) is 0 Å². The van der Waals surface area contributed by atoms with Crippen molar-refractivity contribution in [1.29, 1.82) is 0 Å². The summed E-state index contributed by atoms with van der Waals surface area (Å²) in [5.74, 6) is -1.03. The van der Waals surface area contributed by atoms with E-state index in [1.807, 2.05) is 0 Å². The van der Waals surface area contributed by atoms with Crippen molar-refractivity contribution in [2.45, 2.75) is 6.42 Å². The molecule has 6 heavy (non-hydrogen) atoms. The minimum absolute atomic E-state index is 0.278. The molecule has 0 aliphatic rings. The van der Waals surface area contributed by atoms with E-state index >= 15 is 0 Å².